The van der Waals surface area contributed by atoms with Crippen molar-refractivity contribution in [2.45, 2.75) is 11.0 Å². The average Bonchev–Trinajstić information content (AvgIpc) is 3.05. The predicted octanol–water partition coefficient (Wildman–Crippen LogP) is 2.06. The van der Waals surface area contributed by atoms with Crippen molar-refractivity contribution >= 4 is 17.7 Å². The Morgan fingerprint density at radius 2 is 2.40 bits per heavy atom. The number of aliphatic imine (C=N–C) groups is 1. The highest BCUT2D eigenvalue weighted by atomic mass is 32.2. The molecule has 104 valence electrons. The molecule has 2 aromatic rings. The van der Waals surface area contributed by atoms with Crippen LogP contribution in [0.1, 0.15) is 5.56 Å². The largest absolute Gasteiger partial charge is 0.508 e. The lowest BCUT2D eigenvalue weighted by molar-refractivity contribution is 0.251. The van der Waals surface area contributed by atoms with Gasteiger partial charge in [-0.05, 0) is 18.2 Å². The molecule has 0 aliphatic carbocycles. The SMILES string of the molecule is Cn1cc(C2=NCC(CSc3cccc(O)c3)O2)cn1. The quantitative estimate of drug-likeness (QED) is 0.875. The van der Waals surface area contributed by atoms with Gasteiger partial charge in [0.2, 0.25) is 5.90 Å². The summed E-state index contributed by atoms with van der Waals surface area (Å²) < 4.78 is 7.56. The third-order valence-corrected chi connectivity index (χ3v) is 4.05. The maximum absolute atomic E-state index is 9.42. The van der Waals surface area contributed by atoms with Crippen LogP contribution in [0.5, 0.6) is 5.75 Å². The van der Waals surface area contributed by atoms with E-state index in [9.17, 15) is 5.11 Å². The Bertz CT molecular complexity index is 639. The highest BCUT2D eigenvalue weighted by molar-refractivity contribution is 7.99. The first kappa shape index (κ1) is 13.1. The molecular formula is C14H15N3O2S. The van der Waals surface area contributed by atoms with E-state index >= 15 is 0 Å². The van der Waals surface area contributed by atoms with Gasteiger partial charge >= 0.3 is 0 Å². The minimum Gasteiger partial charge on any atom is -0.508 e. The number of rotatable bonds is 4. The van der Waals surface area contributed by atoms with Crippen molar-refractivity contribution in [1.29, 1.82) is 0 Å². The molecule has 1 aliphatic heterocycles. The monoisotopic (exact) mass is 289 g/mol. The van der Waals surface area contributed by atoms with Gasteiger partial charge in [-0.1, -0.05) is 6.07 Å². The van der Waals surface area contributed by atoms with Gasteiger partial charge in [0.1, 0.15) is 11.9 Å². The van der Waals surface area contributed by atoms with E-state index in [1.165, 1.54) is 0 Å². The van der Waals surface area contributed by atoms with Gasteiger partial charge in [-0.3, -0.25) is 4.68 Å². The van der Waals surface area contributed by atoms with Crippen molar-refractivity contribution in [3.05, 3.63) is 42.2 Å². The molecule has 0 saturated heterocycles. The average molecular weight is 289 g/mol. The summed E-state index contributed by atoms with van der Waals surface area (Å²) >= 11 is 1.66. The van der Waals surface area contributed by atoms with Crippen molar-refractivity contribution in [3.63, 3.8) is 0 Å². The van der Waals surface area contributed by atoms with Gasteiger partial charge in [-0.2, -0.15) is 5.10 Å². The zero-order valence-electron chi connectivity index (χ0n) is 11.1. The van der Waals surface area contributed by atoms with E-state index in [1.807, 2.05) is 25.4 Å². The summed E-state index contributed by atoms with van der Waals surface area (Å²) in [7, 11) is 1.87. The van der Waals surface area contributed by atoms with Crippen LogP contribution in [-0.2, 0) is 11.8 Å². The van der Waals surface area contributed by atoms with Gasteiger partial charge in [0.05, 0.1) is 18.3 Å². The van der Waals surface area contributed by atoms with Gasteiger partial charge in [0, 0.05) is 23.9 Å². The van der Waals surface area contributed by atoms with Gasteiger partial charge in [0.15, 0.2) is 0 Å². The first-order chi connectivity index (χ1) is 9.70. The van der Waals surface area contributed by atoms with Crippen molar-refractivity contribution in [1.82, 2.24) is 9.78 Å². The Morgan fingerprint density at radius 3 is 3.15 bits per heavy atom. The lowest BCUT2D eigenvalue weighted by atomic mass is 10.3. The van der Waals surface area contributed by atoms with Crippen molar-refractivity contribution in [3.8, 4) is 5.75 Å². The minimum atomic E-state index is 0.0672. The molecule has 0 spiro atoms. The van der Waals surface area contributed by atoms with Crippen LogP contribution in [0.25, 0.3) is 0 Å². The Kier molecular flexibility index (Phi) is 3.64. The van der Waals surface area contributed by atoms with E-state index in [-0.39, 0.29) is 11.9 Å². The molecule has 1 N–H and O–H groups in total. The molecule has 0 radical (unpaired) electrons. The van der Waals surface area contributed by atoms with Crippen LogP contribution < -0.4 is 0 Å². The number of benzene rings is 1. The fourth-order valence-electron chi connectivity index (χ4n) is 1.96. The number of aromatic nitrogens is 2. The van der Waals surface area contributed by atoms with Crippen LogP contribution in [0.3, 0.4) is 0 Å². The first-order valence-corrected chi connectivity index (χ1v) is 7.31. The summed E-state index contributed by atoms with van der Waals surface area (Å²) in [6.07, 6.45) is 3.71. The van der Waals surface area contributed by atoms with E-state index in [1.54, 1.807) is 34.8 Å². The Balaban J connectivity index is 1.54. The summed E-state index contributed by atoms with van der Waals surface area (Å²) in [5, 5.41) is 13.5. The third kappa shape index (κ3) is 2.96. The fourth-order valence-corrected chi connectivity index (χ4v) is 2.89. The minimum absolute atomic E-state index is 0.0672. The van der Waals surface area contributed by atoms with Crippen molar-refractivity contribution < 1.29 is 9.84 Å². The van der Waals surface area contributed by atoms with Crippen molar-refractivity contribution in [2.75, 3.05) is 12.3 Å². The molecule has 3 rings (SSSR count). The lowest BCUT2D eigenvalue weighted by Crippen LogP contribution is -2.16. The molecule has 0 fully saturated rings. The Labute approximate surface area is 121 Å². The van der Waals surface area contributed by atoms with E-state index in [2.05, 4.69) is 10.1 Å². The number of hydrogen-bond acceptors (Lipinski definition) is 5. The molecule has 1 atom stereocenters. The summed E-state index contributed by atoms with van der Waals surface area (Å²) in [5.41, 5.74) is 0.914. The highest BCUT2D eigenvalue weighted by Gasteiger charge is 2.22. The normalized spacial score (nSPS) is 17.9. The smallest absolute Gasteiger partial charge is 0.219 e. The number of aryl methyl sites for hydroxylation is 1. The second kappa shape index (κ2) is 5.58. The number of phenolic OH excluding ortho intramolecular Hbond substituents is 1. The van der Waals surface area contributed by atoms with E-state index in [0.717, 1.165) is 16.2 Å². The van der Waals surface area contributed by atoms with Crippen LogP contribution in [-0.4, -0.2) is 39.2 Å². The number of aromatic hydroxyl groups is 1. The van der Waals surface area contributed by atoms with Gasteiger partial charge in [0.25, 0.3) is 0 Å². The maximum atomic E-state index is 9.42. The molecule has 0 amide bonds. The summed E-state index contributed by atoms with van der Waals surface area (Å²) in [6, 6.07) is 7.23. The summed E-state index contributed by atoms with van der Waals surface area (Å²) in [4.78, 5) is 5.44. The summed E-state index contributed by atoms with van der Waals surface area (Å²) in [5.74, 6) is 1.76. The molecule has 6 heteroatoms. The van der Waals surface area contributed by atoms with E-state index in [4.69, 9.17) is 4.74 Å². The number of hydrogen-bond donors (Lipinski definition) is 1. The fraction of sp³-hybridized carbons (Fsp3) is 0.286. The number of ether oxygens (including phenoxy) is 1. The molecule has 1 unspecified atom stereocenters. The second-order valence-electron chi connectivity index (χ2n) is 4.60. The standard InChI is InChI=1S/C14H15N3O2S/c1-17-8-10(6-16-17)14-15-7-12(19-14)9-20-13-4-2-3-11(18)5-13/h2-6,8,12,18H,7,9H2,1H3. The highest BCUT2D eigenvalue weighted by Crippen LogP contribution is 2.25. The number of thioether (sulfide) groups is 1. The Morgan fingerprint density at radius 1 is 1.50 bits per heavy atom. The van der Waals surface area contributed by atoms with E-state index in [0.29, 0.717) is 12.4 Å². The molecule has 1 aromatic heterocycles. The van der Waals surface area contributed by atoms with Crippen LogP contribution >= 0.6 is 11.8 Å². The van der Waals surface area contributed by atoms with Crippen LogP contribution in [0, 0.1) is 0 Å². The van der Waals surface area contributed by atoms with Gasteiger partial charge in [-0.15, -0.1) is 11.8 Å². The lowest BCUT2D eigenvalue weighted by Gasteiger charge is -2.10. The molecular weight excluding hydrogens is 274 g/mol. The molecule has 2 heterocycles. The molecule has 1 aliphatic rings. The molecule has 0 saturated carbocycles. The van der Waals surface area contributed by atoms with Crippen LogP contribution in [0.4, 0.5) is 0 Å². The van der Waals surface area contributed by atoms with Crippen LogP contribution in [0.15, 0.2) is 46.5 Å². The second-order valence-corrected chi connectivity index (χ2v) is 5.69. The van der Waals surface area contributed by atoms with Crippen molar-refractivity contribution in [2.24, 2.45) is 12.0 Å². The number of nitrogens with zero attached hydrogens (tertiary/aromatic N) is 3. The van der Waals surface area contributed by atoms with E-state index < -0.39 is 0 Å². The zero-order chi connectivity index (χ0) is 13.9. The maximum Gasteiger partial charge on any atom is 0.219 e. The zero-order valence-corrected chi connectivity index (χ0v) is 11.9. The summed E-state index contributed by atoms with van der Waals surface area (Å²) in [6.45, 7) is 0.663. The molecule has 5 nitrogen and oxygen atoms in total. The molecule has 1 aromatic carbocycles. The topological polar surface area (TPSA) is 59.6 Å². The number of phenols is 1. The molecule has 20 heavy (non-hydrogen) atoms. The predicted molar refractivity (Wildman–Crippen MR) is 78.3 cm³/mol. The van der Waals surface area contributed by atoms with Crippen LogP contribution in [0.2, 0.25) is 0 Å². The molecule has 0 bridgehead atoms. The van der Waals surface area contributed by atoms with Gasteiger partial charge < -0.3 is 9.84 Å². The third-order valence-electron chi connectivity index (χ3n) is 2.92. The Hall–Kier alpha value is -1.95. The first-order valence-electron chi connectivity index (χ1n) is 6.32. The van der Waals surface area contributed by atoms with Gasteiger partial charge in [-0.25, -0.2) is 4.99 Å².